The van der Waals surface area contributed by atoms with Crippen LogP contribution in [0, 0.1) is 13.8 Å². The number of pyridine rings is 1. The van der Waals surface area contributed by atoms with Crippen LogP contribution in [-0.2, 0) is 6.54 Å². The van der Waals surface area contributed by atoms with E-state index in [0.29, 0.717) is 0 Å². The zero-order valence-electron chi connectivity index (χ0n) is 12.2. The van der Waals surface area contributed by atoms with E-state index >= 15 is 0 Å². The van der Waals surface area contributed by atoms with E-state index in [4.69, 9.17) is 11.6 Å². The van der Waals surface area contributed by atoms with E-state index in [9.17, 15) is 0 Å². The lowest BCUT2D eigenvalue weighted by Gasteiger charge is -2.12. The largest absolute Gasteiger partial charge is 0.379 e. The molecule has 0 unspecified atom stereocenters. The Morgan fingerprint density at radius 2 is 1.95 bits per heavy atom. The SMILES string of the molecule is Cc1ccc(CNc2cc(Cl)cc3cccnc23)c(C)c1. The van der Waals surface area contributed by atoms with Gasteiger partial charge in [-0.2, -0.15) is 0 Å². The molecule has 3 rings (SSSR count). The third kappa shape index (κ3) is 3.01. The summed E-state index contributed by atoms with van der Waals surface area (Å²) in [6.07, 6.45) is 1.80. The second kappa shape index (κ2) is 5.74. The lowest BCUT2D eigenvalue weighted by molar-refractivity contribution is 1.11. The van der Waals surface area contributed by atoms with Crippen LogP contribution in [0.2, 0.25) is 5.02 Å². The predicted octanol–water partition coefficient (Wildman–Crippen LogP) is 5.12. The number of hydrogen-bond acceptors (Lipinski definition) is 2. The fourth-order valence-electron chi connectivity index (χ4n) is 2.53. The van der Waals surface area contributed by atoms with Crippen LogP contribution in [0.4, 0.5) is 5.69 Å². The molecule has 0 bridgehead atoms. The van der Waals surface area contributed by atoms with E-state index in [1.807, 2.05) is 24.3 Å². The minimum absolute atomic E-state index is 0.721. The van der Waals surface area contributed by atoms with Crippen LogP contribution in [0.25, 0.3) is 10.9 Å². The van der Waals surface area contributed by atoms with Gasteiger partial charge in [0.15, 0.2) is 0 Å². The van der Waals surface area contributed by atoms with Gasteiger partial charge in [0.25, 0.3) is 0 Å². The Morgan fingerprint density at radius 3 is 2.76 bits per heavy atom. The first-order valence-corrected chi connectivity index (χ1v) is 7.35. The van der Waals surface area contributed by atoms with Gasteiger partial charge in [-0.15, -0.1) is 0 Å². The molecule has 0 aliphatic rings. The zero-order chi connectivity index (χ0) is 14.8. The number of anilines is 1. The second-order valence-corrected chi connectivity index (χ2v) is 5.75. The van der Waals surface area contributed by atoms with Crippen molar-refractivity contribution in [1.82, 2.24) is 4.98 Å². The van der Waals surface area contributed by atoms with E-state index in [0.717, 1.165) is 28.2 Å². The van der Waals surface area contributed by atoms with Crippen LogP contribution >= 0.6 is 11.6 Å². The molecule has 2 aromatic carbocycles. The molecule has 0 aliphatic heterocycles. The molecule has 0 saturated heterocycles. The third-order valence-electron chi connectivity index (χ3n) is 3.64. The van der Waals surface area contributed by atoms with E-state index in [1.165, 1.54) is 16.7 Å². The van der Waals surface area contributed by atoms with E-state index in [1.54, 1.807) is 6.20 Å². The fraction of sp³-hybridized carbons (Fsp3) is 0.167. The van der Waals surface area contributed by atoms with Gasteiger partial charge in [0.05, 0.1) is 11.2 Å². The van der Waals surface area contributed by atoms with Gasteiger partial charge in [-0.05, 0) is 43.2 Å². The van der Waals surface area contributed by atoms with Crippen molar-refractivity contribution < 1.29 is 0 Å². The summed E-state index contributed by atoms with van der Waals surface area (Å²) in [6.45, 7) is 5.01. The predicted molar refractivity (Wildman–Crippen MR) is 90.0 cm³/mol. The van der Waals surface area contributed by atoms with Crippen LogP contribution in [0.3, 0.4) is 0 Å². The molecule has 2 nitrogen and oxygen atoms in total. The summed E-state index contributed by atoms with van der Waals surface area (Å²) >= 11 is 6.19. The van der Waals surface area contributed by atoms with Crippen molar-refractivity contribution in [2.24, 2.45) is 0 Å². The van der Waals surface area contributed by atoms with Crippen molar-refractivity contribution in [1.29, 1.82) is 0 Å². The number of halogens is 1. The van der Waals surface area contributed by atoms with Crippen LogP contribution in [0.5, 0.6) is 0 Å². The average Bonchev–Trinajstić information content (AvgIpc) is 2.46. The summed E-state index contributed by atoms with van der Waals surface area (Å²) < 4.78 is 0. The first-order chi connectivity index (χ1) is 10.1. The van der Waals surface area contributed by atoms with Gasteiger partial charge in [-0.1, -0.05) is 41.4 Å². The van der Waals surface area contributed by atoms with Crippen LogP contribution in [0.15, 0.2) is 48.7 Å². The van der Waals surface area contributed by atoms with Gasteiger partial charge < -0.3 is 5.32 Å². The maximum Gasteiger partial charge on any atom is 0.0934 e. The molecule has 3 aromatic rings. The molecule has 0 radical (unpaired) electrons. The minimum Gasteiger partial charge on any atom is -0.379 e. The van der Waals surface area contributed by atoms with Crippen molar-refractivity contribution in [3.05, 3.63) is 70.4 Å². The number of nitrogens with zero attached hydrogens (tertiary/aromatic N) is 1. The summed E-state index contributed by atoms with van der Waals surface area (Å²) in [5.41, 5.74) is 5.78. The highest BCUT2D eigenvalue weighted by Gasteiger charge is 2.05. The molecule has 1 aromatic heterocycles. The number of aryl methyl sites for hydroxylation is 2. The number of aromatic nitrogens is 1. The van der Waals surface area contributed by atoms with Crippen molar-refractivity contribution >= 4 is 28.2 Å². The molecule has 0 spiro atoms. The molecule has 3 heteroatoms. The van der Waals surface area contributed by atoms with Crippen LogP contribution in [0.1, 0.15) is 16.7 Å². The molecule has 0 amide bonds. The monoisotopic (exact) mass is 296 g/mol. The van der Waals surface area contributed by atoms with Crippen molar-refractivity contribution in [3.63, 3.8) is 0 Å². The summed E-state index contributed by atoms with van der Waals surface area (Å²) in [4.78, 5) is 4.45. The summed E-state index contributed by atoms with van der Waals surface area (Å²) in [5.74, 6) is 0. The van der Waals surface area contributed by atoms with E-state index < -0.39 is 0 Å². The third-order valence-corrected chi connectivity index (χ3v) is 3.86. The van der Waals surface area contributed by atoms with Crippen LogP contribution < -0.4 is 5.32 Å². The lowest BCUT2D eigenvalue weighted by atomic mass is 10.1. The maximum absolute atomic E-state index is 6.19. The highest BCUT2D eigenvalue weighted by atomic mass is 35.5. The maximum atomic E-state index is 6.19. The first-order valence-electron chi connectivity index (χ1n) is 6.98. The van der Waals surface area contributed by atoms with Crippen LogP contribution in [-0.4, -0.2) is 4.98 Å². The Morgan fingerprint density at radius 1 is 1.10 bits per heavy atom. The second-order valence-electron chi connectivity index (χ2n) is 5.31. The Hall–Kier alpha value is -2.06. The highest BCUT2D eigenvalue weighted by molar-refractivity contribution is 6.31. The molecule has 0 fully saturated rings. The zero-order valence-corrected chi connectivity index (χ0v) is 12.9. The minimum atomic E-state index is 0.721. The van der Waals surface area contributed by atoms with E-state index in [2.05, 4.69) is 42.3 Å². The van der Waals surface area contributed by atoms with Crippen molar-refractivity contribution in [2.75, 3.05) is 5.32 Å². The molecule has 1 heterocycles. The number of benzene rings is 2. The number of fused-ring (bicyclic) bond motifs is 1. The molecule has 106 valence electrons. The quantitative estimate of drug-likeness (QED) is 0.726. The summed E-state index contributed by atoms with van der Waals surface area (Å²) in [6, 6.07) is 14.3. The van der Waals surface area contributed by atoms with Gasteiger partial charge in [-0.25, -0.2) is 0 Å². The fourth-order valence-corrected chi connectivity index (χ4v) is 2.75. The summed E-state index contributed by atoms with van der Waals surface area (Å²) in [7, 11) is 0. The number of nitrogens with one attached hydrogen (secondary N) is 1. The van der Waals surface area contributed by atoms with Gasteiger partial charge >= 0.3 is 0 Å². The Balaban J connectivity index is 1.91. The standard InChI is InChI=1S/C18H17ClN2/c1-12-5-6-15(13(2)8-12)11-21-17-10-16(19)9-14-4-3-7-20-18(14)17/h3-10,21H,11H2,1-2H3. The average molecular weight is 297 g/mol. The molecule has 21 heavy (non-hydrogen) atoms. The molecule has 0 aliphatic carbocycles. The number of hydrogen-bond donors (Lipinski definition) is 1. The van der Waals surface area contributed by atoms with Gasteiger partial charge in [0.2, 0.25) is 0 Å². The normalized spacial score (nSPS) is 10.8. The summed E-state index contributed by atoms with van der Waals surface area (Å²) in [5, 5.41) is 5.23. The molecule has 1 N–H and O–H groups in total. The van der Waals surface area contributed by atoms with Gasteiger partial charge in [0.1, 0.15) is 0 Å². The number of rotatable bonds is 3. The molecular weight excluding hydrogens is 280 g/mol. The highest BCUT2D eigenvalue weighted by Crippen LogP contribution is 2.27. The Labute approximate surface area is 129 Å². The molecular formula is C18H17ClN2. The molecule has 0 atom stereocenters. The Bertz CT molecular complexity index is 796. The van der Waals surface area contributed by atoms with E-state index in [-0.39, 0.29) is 0 Å². The van der Waals surface area contributed by atoms with Gasteiger partial charge in [-0.3, -0.25) is 4.98 Å². The lowest BCUT2D eigenvalue weighted by Crippen LogP contribution is -2.02. The first kappa shape index (κ1) is 13.9. The van der Waals surface area contributed by atoms with Gasteiger partial charge in [0, 0.05) is 23.2 Å². The molecule has 0 saturated carbocycles. The Kier molecular flexibility index (Phi) is 3.80. The smallest absolute Gasteiger partial charge is 0.0934 e. The van der Waals surface area contributed by atoms with Crippen molar-refractivity contribution in [3.8, 4) is 0 Å². The topological polar surface area (TPSA) is 24.9 Å². The van der Waals surface area contributed by atoms with Crippen molar-refractivity contribution in [2.45, 2.75) is 20.4 Å².